The van der Waals surface area contributed by atoms with Gasteiger partial charge in [-0.3, -0.25) is 4.90 Å². The summed E-state index contributed by atoms with van der Waals surface area (Å²) in [5, 5.41) is 27.6. The summed E-state index contributed by atoms with van der Waals surface area (Å²) >= 11 is 0. The lowest BCUT2D eigenvalue weighted by molar-refractivity contribution is -0.518. The Labute approximate surface area is 221 Å². The molecular formula is C21H37F6NO11. The van der Waals surface area contributed by atoms with Gasteiger partial charge >= 0.3 is 18.5 Å². The molecule has 1 fully saturated rings. The Hall–Kier alpha value is -0.900. The van der Waals surface area contributed by atoms with Gasteiger partial charge in [-0.25, -0.2) is 9.47 Å². The molecule has 0 aliphatic carbocycles. The van der Waals surface area contributed by atoms with E-state index in [1.165, 1.54) is 0 Å². The quantitative estimate of drug-likeness (QED) is 0.0782. The lowest BCUT2D eigenvalue weighted by Crippen LogP contribution is -2.44. The fourth-order valence-electron chi connectivity index (χ4n) is 2.89. The van der Waals surface area contributed by atoms with E-state index in [9.17, 15) is 36.6 Å². The molecule has 0 bridgehead atoms. The smallest absolute Gasteiger partial charge is 0.394 e. The molecule has 18 heteroatoms. The molecule has 0 aromatic carbocycles. The predicted octanol–water partition coefficient (Wildman–Crippen LogP) is -0.115. The van der Waals surface area contributed by atoms with E-state index in [2.05, 4.69) is 23.8 Å². The minimum absolute atomic E-state index is 0.0263. The van der Waals surface area contributed by atoms with Crippen LogP contribution in [0.2, 0.25) is 0 Å². The first-order valence-corrected chi connectivity index (χ1v) is 12.0. The second-order valence-corrected chi connectivity index (χ2v) is 8.22. The molecule has 0 aromatic heterocycles. The number of aliphatic hydroxyl groups is 3. The molecule has 3 N–H and O–H groups in total. The van der Waals surface area contributed by atoms with E-state index in [0.717, 1.165) is 13.1 Å². The lowest BCUT2D eigenvalue weighted by atomic mass is 10.4. The van der Waals surface area contributed by atoms with Crippen LogP contribution in [-0.2, 0) is 37.9 Å². The van der Waals surface area contributed by atoms with Crippen molar-refractivity contribution in [3.8, 4) is 0 Å². The molecule has 1 rings (SSSR count). The summed E-state index contributed by atoms with van der Waals surface area (Å²) in [5.41, 5.74) is 0. The number of aliphatic hydroxyl groups excluding tert-OH is 3. The fourth-order valence-corrected chi connectivity index (χ4v) is 2.89. The third kappa shape index (κ3) is 19.8. The Morgan fingerprint density at radius 1 is 0.667 bits per heavy atom. The van der Waals surface area contributed by atoms with Gasteiger partial charge in [-0.2, -0.15) is 17.6 Å². The maximum absolute atomic E-state index is 13.6. The first-order valence-electron chi connectivity index (χ1n) is 12.0. The molecular weight excluding hydrogens is 556 g/mol. The Bertz CT molecular complexity index is 621. The highest BCUT2D eigenvalue weighted by Crippen LogP contribution is 2.33. The van der Waals surface area contributed by atoms with E-state index in [1.807, 2.05) is 0 Å². The molecule has 39 heavy (non-hydrogen) atoms. The summed E-state index contributed by atoms with van der Waals surface area (Å²) < 4.78 is 116. The molecule has 2 atom stereocenters. The Morgan fingerprint density at radius 3 is 1.69 bits per heavy atom. The number of rotatable bonds is 24. The Morgan fingerprint density at radius 2 is 1.13 bits per heavy atom. The monoisotopic (exact) mass is 593 g/mol. The highest BCUT2D eigenvalue weighted by molar-refractivity contribution is 4.62. The maximum atomic E-state index is 13.6. The molecule has 234 valence electrons. The molecule has 0 radical (unpaired) electrons. The highest BCUT2D eigenvalue weighted by atomic mass is 19.3. The highest BCUT2D eigenvalue weighted by Gasteiger charge is 2.52. The van der Waals surface area contributed by atoms with E-state index in [0.29, 0.717) is 26.4 Å². The van der Waals surface area contributed by atoms with Crippen molar-refractivity contribution in [2.75, 3.05) is 106 Å². The van der Waals surface area contributed by atoms with Gasteiger partial charge in [-0.15, -0.1) is 8.78 Å². The van der Waals surface area contributed by atoms with Crippen LogP contribution >= 0.6 is 0 Å². The largest absolute Gasteiger partial charge is 0.495 e. The molecule has 1 saturated heterocycles. The van der Waals surface area contributed by atoms with Crippen molar-refractivity contribution >= 4 is 0 Å². The van der Waals surface area contributed by atoms with Gasteiger partial charge in [0.25, 0.3) is 0 Å². The van der Waals surface area contributed by atoms with Crippen LogP contribution in [0.25, 0.3) is 0 Å². The van der Waals surface area contributed by atoms with Crippen LogP contribution in [0.3, 0.4) is 0 Å². The zero-order valence-electron chi connectivity index (χ0n) is 21.3. The number of hydrogen-bond donors (Lipinski definition) is 3. The molecule has 2 unspecified atom stereocenters. The summed E-state index contributed by atoms with van der Waals surface area (Å²) in [6.07, 6.45) is -17.3. The molecule has 1 aliphatic heterocycles. The molecule has 0 aromatic rings. The van der Waals surface area contributed by atoms with Crippen LogP contribution in [-0.4, -0.2) is 156 Å². The summed E-state index contributed by atoms with van der Waals surface area (Å²) in [5.74, 6) is 0. The zero-order chi connectivity index (χ0) is 29.2. The normalized spacial score (nSPS) is 17.5. The van der Waals surface area contributed by atoms with E-state index in [-0.39, 0.29) is 33.0 Å². The number of halogens is 6. The number of alkyl halides is 6. The average Bonchev–Trinajstić information content (AvgIpc) is 2.83. The van der Waals surface area contributed by atoms with Crippen molar-refractivity contribution in [1.29, 1.82) is 0 Å². The number of hydrogen-bond acceptors (Lipinski definition) is 12. The van der Waals surface area contributed by atoms with Crippen molar-refractivity contribution in [3.63, 3.8) is 0 Å². The predicted molar refractivity (Wildman–Crippen MR) is 117 cm³/mol. The summed E-state index contributed by atoms with van der Waals surface area (Å²) in [4.78, 5) is 2.14. The molecule has 0 amide bonds. The van der Waals surface area contributed by atoms with Crippen molar-refractivity contribution in [1.82, 2.24) is 4.90 Å². The minimum atomic E-state index is -5.43. The molecule has 1 aliphatic rings. The van der Waals surface area contributed by atoms with E-state index in [1.54, 1.807) is 0 Å². The molecule has 0 spiro atoms. The van der Waals surface area contributed by atoms with E-state index >= 15 is 0 Å². The van der Waals surface area contributed by atoms with Crippen molar-refractivity contribution in [3.05, 3.63) is 0 Å². The second kappa shape index (κ2) is 19.3. The SMILES string of the molecule is OCCOCC(O)COCC(F)(F)OC(F)(F)OC(F)(F)COCCOCC(O)COCCN1CCOCC1. The number of morpholine rings is 1. The van der Waals surface area contributed by atoms with Gasteiger partial charge in [0.15, 0.2) is 0 Å². The van der Waals surface area contributed by atoms with Gasteiger partial charge in [0.05, 0.1) is 72.7 Å². The summed E-state index contributed by atoms with van der Waals surface area (Å²) in [6, 6.07) is 0. The Kier molecular flexibility index (Phi) is 17.8. The van der Waals surface area contributed by atoms with Crippen LogP contribution in [0.5, 0.6) is 0 Å². The first kappa shape index (κ1) is 36.1. The first-order chi connectivity index (χ1) is 18.3. The standard InChI is InChI=1S/C21H37F6NO11/c22-19(23,38-21(26,27)39-20(24,25)16-37-14-18(31)12-34-8-4-29)15-36-10-9-35-13-17(30)11-33-7-3-28-1-5-32-6-2-28/h17-18,29-31H,1-16H2. The maximum Gasteiger partial charge on any atom is 0.495 e. The molecule has 0 saturated carbocycles. The van der Waals surface area contributed by atoms with Crippen LogP contribution in [0.4, 0.5) is 26.3 Å². The van der Waals surface area contributed by atoms with Crippen LogP contribution < -0.4 is 0 Å². The average molecular weight is 594 g/mol. The van der Waals surface area contributed by atoms with Gasteiger partial charge in [-0.05, 0) is 0 Å². The topological polar surface area (TPSA) is 138 Å². The number of nitrogens with zero attached hydrogens (tertiary/aromatic N) is 1. The van der Waals surface area contributed by atoms with E-state index < -0.39 is 63.8 Å². The van der Waals surface area contributed by atoms with Crippen LogP contribution in [0.15, 0.2) is 0 Å². The van der Waals surface area contributed by atoms with Crippen molar-refractivity contribution < 1.29 is 79.6 Å². The van der Waals surface area contributed by atoms with Gasteiger partial charge in [0, 0.05) is 19.6 Å². The summed E-state index contributed by atoms with van der Waals surface area (Å²) in [6.45, 7) is -2.30. The third-order valence-corrected chi connectivity index (χ3v) is 4.58. The number of ether oxygens (including phenoxy) is 8. The Balaban J connectivity index is 2.15. The van der Waals surface area contributed by atoms with Crippen LogP contribution in [0, 0.1) is 0 Å². The third-order valence-electron chi connectivity index (χ3n) is 4.58. The van der Waals surface area contributed by atoms with Gasteiger partial charge in [-0.1, -0.05) is 0 Å². The van der Waals surface area contributed by atoms with E-state index in [4.69, 9.17) is 24.1 Å². The fraction of sp³-hybridized carbons (Fsp3) is 1.00. The minimum Gasteiger partial charge on any atom is -0.394 e. The molecule has 12 nitrogen and oxygen atoms in total. The summed E-state index contributed by atoms with van der Waals surface area (Å²) in [7, 11) is 0. The second-order valence-electron chi connectivity index (χ2n) is 8.22. The molecule has 1 heterocycles. The van der Waals surface area contributed by atoms with Gasteiger partial charge < -0.3 is 43.7 Å². The van der Waals surface area contributed by atoms with Crippen LogP contribution in [0.1, 0.15) is 0 Å². The lowest BCUT2D eigenvalue weighted by Gasteiger charge is -2.26. The van der Waals surface area contributed by atoms with Gasteiger partial charge in [0.2, 0.25) is 0 Å². The van der Waals surface area contributed by atoms with Crippen molar-refractivity contribution in [2.24, 2.45) is 0 Å². The zero-order valence-corrected chi connectivity index (χ0v) is 21.3. The van der Waals surface area contributed by atoms with Crippen molar-refractivity contribution in [2.45, 2.75) is 30.7 Å². The van der Waals surface area contributed by atoms with Gasteiger partial charge in [0.1, 0.15) is 25.4 Å².